The first kappa shape index (κ1) is 13.6. The highest BCUT2D eigenvalue weighted by Crippen LogP contribution is 2.14. The summed E-state index contributed by atoms with van der Waals surface area (Å²) in [5.41, 5.74) is -0.0671. The molecule has 0 atom stereocenters. The second kappa shape index (κ2) is 5.49. The molecule has 0 amide bonds. The van der Waals surface area contributed by atoms with E-state index in [0.29, 0.717) is 0 Å². The molecule has 1 aromatic rings. The predicted octanol–water partition coefficient (Wildman–Crippen LogP) is 0.763. The Balaban J connectivity index is 0.000000336. The topological polar surface area (TPSA) is 98.0 Å². The van der Waals surface area contributed by atoms with Gasteiger partial charge >= 0.3 is 14.5 Å². The fourth-order valence-corrected chi connectivity index (χ4v) is 0.654. The van der Waals surface area contributed by atoms with Crippen LogP contribution in [-0.2, 0) is 0 Å². The molecule has 0 saturated heterocycles. The van der Waals surface area contributed by atoms with Gasteiger partial charge in [-0.1, -0.05) is 12.1 Å². The van der Waals surface area contributed by atoms with Crippen LogP contribution in [0.3, 0.4) is 0 Å². The average molecular weight is 230 g/mol. The van der Waals surface area contributed by atoms with Crippen LogP contribution in [-0.4, -0.2) is 34.3 Å². The van der Waals surface area contributed by atoms with Crippen molar-refractivity contribution in [3.05, 3.63) is 29.8 Å². The monoisotopic (exact) mass is 230 g/mol. The van der Waals surface area contributed by atoms with Crippen molar-refractivity contribution >= 4 is 14.5 Å². The number of aromatic carboxylic acids is 1. The van der Waals surface area contributed by atoms with Gasteiger partial charge in [0.1, 0.15) is 11.3 Å². The van der Waals surface area contributed by atoms with Crippen molar-refractivity contribution in [1.29, 1.82) is 0 Å². The summed E-state index contributed by atoms with van der Waals surface area (Å²) in [7, 11) is -2.61. The van der Waals surface area contributed by atoms with Gasteiger partial charge in [0, 0.05) is 0 Å². The van der Waals surface area contributed by atoms with Crippen LogP contribution in [0.1, 0.15) is 10.4 Å². The van der Waals surface area contributed by atoms with Gasteiger partial charge in [0.15, 0.2) is 0 Å². The van der Waals surface area contributed by atoms with Crippen molar-refractivity contribution in [2.24, 2.45) is 0 Å². The molecule has 84 valence electrons. The van der Waals surface area contributed by atoms with Gasteiger partial charge in [0.2, 0.25) is 0 Å². The number of phenols is 1. The molecule has 0 radical (unpaired) electrons. The van der Waals surface area contributed by atoms with Crippen molar-refractivity contribution < 1.29 is 24.6 Å². The van der Waals surface area contributed by atoms with Crippen LogP contribution < -0.4 is 0 Å². The third-order valence-corrected chi connectivity index (χ3v) is 1.13. The molecule has 15 heavy (non-hydrogen) atoms. The molecule has 5 nitrogen and oxygen atoms in total. The Morgan fingerprint density at radius 3 is 1.87 bits per heavy atom. The first-order valence-electron chi connectivity index (χ1n) is 4.18. The fraction of sp³-hybridized carbons (Fsp3) is 0.222. The lowest BCUT2D eigenvalue weighted by Crippen LogP contribution is -2.23. The van der Waals surface area contributed by atoms with E-state index in [9.17, 15) is 4.79 Å². The summed E-state index contributed by atoms with van der Waals surface area (Å²) in [4.78, 5) is 26.7. The van der Waals surface area contributed by atoms with Gasteiger partial charge in [-0.05, 0) is 25.2 Å². The van der Waals surface area contributed by atoms with E-state index >= 15 is 0 Å². The molecule has 6 heteroatoms. The second-order valence-electron chi connectivity index (χ2n) is 3.32. The van der Waals surface area contributed by atoms with E-state index in [2.05, 4.69) is 0 Å². The number of rotatable bonds is 1. The van der Waals surface area contributed by atoms with E-state index in [-0.39, 0.29) is 11.3 Å². The quantitative estimate of drug-likeness (QED) is 0.534. The molecule has 0 aliphatic heterocycles. The summed E-state index contributed by atoms with van der Waals surface area (Å²) in [6.45, 7) is 2.88. The molecule has 4 N–H and O–H groups in total. The molecule has 0 saturated carbocycles. The number of benzene rings is 1. The van der Waals surface area contributed by atoms with E-state index < -0.39 is 14.5 Å². The van der Waals surface area contributed by atoms with Crippen LogP contribution in [0.5, 0.6) is 5.75 Å². The van der Waals surface area contributed by atoms with Gasteiger partial charge in [0.25, 0.3) is 0 Å². The highest BCUT2D eigenvalue weighted by molar-refractivity contribution is 6.61. The highest BCUT2D eigenvalue weighted by Gasteiger charge is 2.08. The highest BCUT2D eigenvalue weighted by atomic mass is 28.4. The lowest BCUT2D eigenvalue weighted by Gasteiger charge is -1.97. The zero-order valence-corrected chi connectivity index (χ0v) is 9.51. The Morgan fingerprint density at radius 2 is 1.60 bits per heavy atom. The molecule has 1 rings (SSSR count). The minimum atomic E-state index is -2.61. The van der Waals surface area contributed by atoms with Crippen molar-refractivity contribution in [2.75, 3.05) is 0 Å². The number of hydrogen-bond donors (Lipinski definition) is 4. The van der Waals surface area contributed by atoms with Crippen molar-refractivity contribution in [1.82, 2.24) is 0 Å². The summed E-state index contributed by atoms with van der Waals surface area (Å²) >= 11 is 0. The molecular weight excluding hydrogens is 216 g/mol. The zero-order valence-electron chi connectivity index (χ0n) is 8.51. The first-order valence-corrected chi connectivity index (χ1v) is 7.07. The zero-order chi connectivity index (χ0) is 12.1. The summed E-state index contributed by atoms with van der Waals surface area (Å²) in [5, 5.41) is 17.3. The lowest BCUT2D eigenvalue weighted by atomic mass is 10.2. The van der Waals surface area contributed by atoms with Crippen LogP contribution in [0.25, 0.3) is 0 Å². The Hall–Kier alpha value is -1.37. The maximum absolute atomic E-state index is 10.3. The number of carboxylic acid groups (broad SMARTS) is 1. The third kappa shape index (κ3) is 7.68. The van der Waals surface area contributed by atoms with Gasteiger partial charge in [0.05, 0.1) is 0 Å². The number of carbonyl (C=O) groups is 1. The van der Waals surface area contributed by atoms with Crippen LogP contribution in [0.2, 0.25) is 13.1 Å². The maximum Gasteiger partial charge on any atom is 0.339 e. The molecule has 1 aromatic carbocycles. The van der Waals surface area contributed by atoms with Crippen LogP contribution in [0, 0.1) is 0 Å². The Morgan fingerprint density at radius 1 is 1.20 bits per heavy atom. The minimum absolute atomic E-state index is 0.0671. The largest absolute Gasteiger partial charge is 0.507 e. The number of hydrogen-bond acceptors (Lipinski definition) is 4. The average Bonchev–Trinajstić information content (AvgIpc) is 2.01. The predicted molar refractivity (Wildman–Crippen MR) is 57.0 cm³/mol. The lowest BCUT2D eigenvalue weighted by molar-refractivity contribution is 0.0693. The van der Waals surface area contributed by atoms with Gasteiger partial charge < -0.3 is 19.8 Å². The smallest absolute Gasteiger partial charge is 0.339 e. The van der Waals surface area contributed by atoms with Gasteiger partial charge in [-0.15, -0.1) is 0 Å². The molecule has 0 bridgehead atoms. The van der Waals surface area contributed by atoms with Crippen LogP contribution in [0.4, 0.5) is 0 Å². The summed E-state index contributed by atoms with van der Waals surface area (Å²) in [6.07, 6.45) is 0. The first-order chi connectivity index (χ1) is 6.72. The van der Waals surface area contributed by atoms with Gasteiger partial charge in [-0.2, -0.15) is 0 Å². The number of aromatic hydroxyl groups is 1. The molecule has 0 heterocycles. The fourth-order valence-electron chi connectivity index (χ4n) is 0.654. The second-order valence-corrected chi connectivity index (χ2v) is 6.31. The third-order valence-electron chi connectivity index (χ3n) is 1.13. The van der Waals surface area contributed by atoms with E-state index in [1.165, 1.54) is 25.2 Å². The summed E-state index contributed by atoms with van der Waals surface area (Å²) in [5.74, 6) is -1.31. The molecule has 0 spiro atoms. The minimum Gasteiger partial charge on any atom is -0.507 e. The Bertz CT molecular complexity index is 326. The molecule has 0 aromatic heterocycles. The molecule has 0 unspecified atom stereocenters. The van der Waals surface area contributed by atoms with Gasteiger partial charge in [-0.25, -0.2) is 4.79 Å². The van der Waals surface area contributed by atoms with E-state index in [4.69, 9.17) is 19.8 Å². The van der Waals surface area contributed by atoms with Crippen molar-refractivity contribution in [2.45, 2.75) is 13.1 Å². The SMILES string of the molecule is C[Si](C)(O)O.O=C(O)c1ccccc1O. The summed E-state index contributed by atoms with van der Waals surface area (Å²) in [6, 6.07) is 5.81. The molecule has 0 aliphatic rings. The van der Waals surface area contributed by atoms with Crippen molar-refractivity contribution in [3.8, 4) is 5.75 Å². The van der Waals surface area contributed by atoms with Crippen LogP contribution >= 0.6 is 0 Å². The number of para-hydroxylation sites is 1. The van der Waals surface area contributed by atoms with E-state index in [1.54, 1.807) is 12.1 Å². The molecule has 0 aliphatic carbocycles. The normalized spacial score (nSPS) is 10.1. The molecule has 0 fully saturated rings. The Kier molecular flexibility index (Phi) is 4.99. The van der Waals surface area contributed by atoms with E-state index in [0.717, 1.165) is 0 Å². The van der Waals surface area contributed by atoms with Crippen molar-refractivity contribution in [3.63, 3.8) is 0 Å². The van der Waals surface area contributed by atoms with Crippen LogP contribution in [0.15, 0.2) is 24.3 Å². The van der Waals surface area contributed by atoms with E-state index in [1.807, 2.05) is 0 Å². The number of carboxylic acids is 1. The maximum atomic E-state index is 10.3. The standard InChI is InChI=1S/C7H6O3.C2H8O2Si/c8-6-4-2-1-3-5(6)7(9)10;1-5(2,3)4/h1-4,8H,(H,9,10);3-4H,1-2H3. The summed E-state index contributed by atoms with van der Waals surface area (Å²) < 4.78 is 0. The Labute approximate surface area is 88.5 Å². The molecular formula is C9H14O5Si. The van der Waals surface area contributed by atoms with Gasteiger partial charge in [-0.3, -0.25) is 0 Å².